The third kappa shape index (κ3) is 3.01. The Morgan fingerprint density at radius 1 is 1.39 bits per heavy atom. The van der Waals surface area contributed by atoms with Crippen LogP contribution >= 0.6 is 0 Å². The highest BCUT2D eigenvalue weighted by Crippen LogP contribution is 2.23. The van der Waals surface area contributed by atoms with E-state index in [1.54, 1.807) is 0 Å². The Bertz CT molecular complexity index is 458. The van der Waals surface area contributed by atoms with Crippen molar-refractivity contribution in [3.8, 4) is 0 Å². The Morgan fingerprint density at radius 3 is 2.67 bits per heavy atom. The van der Waals surface area contributed by atoms with Crippen LogP contribution in [-0.4, -0.2) is 54.9 Å². The quantitative estimate of drug-likeness (QED) is 0.766. The lowest BCUT2D eigenvalue weighted by Gasteiger charge is -2.32. The second-order valence-corrected chi connectivity index (χ2v) is 7.37. The van der Waals surface area contributed by atoms with Crippen molar-refractivity contribution in [2.45, 2.75) is 19.3 Å². The predicted octanol–water partition coefficient (Wildman–Crippen LogP) is -0.256. The van der Waals surface area contributed by atoms with Crippen molar-refractivity contribution in [3.63, 3.8) is 0 Å². The fourth-order valence-electron chi connectivity index (χ4n) is 2.62. The van der Waals surface area contributed by atoms with Crippen molar-refractivity contribution in [2.75, 3.05) is 24.6 Å². The number of hydrogen-bond donors (Lipinski definition) is 1. The van der Waals surface area contributed by atoms with E-state index in [1.807, 2.05) is 0 Å². The molecule has 0 saturated carbocycles. The molecule has 2 rings (SSSR count). The maximum atomic E-state index is 11.7. The van der Waals surface area contributed by atoms with Crippen LogP contribution in [-0.2, 0) is 19.4 Å². The molecule has 0 aliphatic carbocycles. The number of likely N-dealkylation sites (tertiary alicyclic amines) is 1. The number of sulfone groups is 1. The number of carbonyl (C=O) groups excluding carboxylic acids is 1. The highest BCUT2D eigenvalue weighted by Gasteiger charge is 2.34. The SMILES string of the molecule is O=C(O)C1CCC(=O)N(CC2CCS(=O)(=O)C2)C1. The molecule has 18 heavy (non-hydrogen) atoms. The number of aliphatic carboxylic acids is 1. The molecule has 7 heteroatoms. The number of carboxylic acid groups (broad SMARTS) is 1. The van der Waals surface area contributed by atoms with E-state index in [-0.39, 0.29) is 36.3 Å². The summed E-state index contributed by atoms with van der Waals surface area (Å²) in [4.78, 5) is 24.1. The fraction of sp³-hybridized carbons (Fsp3) is 0.818. The number of hydrogen-bond acceptors (Lipinski definition) is 4. The number of carboxylic acids is 1. The van der Waals surface area contributed by atoms with Crippen LogP contribution in [0.15, 0.2) is 0 Å². The summed E-state index contributed by atoms with van der Waals surface area (Å²) >= 11 is 0. The summed E-state index contributed by atoms with van der Waals surface area (Å²) in [6.45, 7) is 0.590. The van der Waals surface area contributed by atoms with Gasteiger partial charge in [0.15, 0.2) is 9.84 Å². The first kappa shape index (κ1) is 13.3. The largest absolute Gasteiger partial charge is 0.481 e. The average molecular weight is 275 g/mol. The summed E-state index contributed by atoms with van der Waals surface area (Å²) in [6, 6.07) is 0. The fourth-order valence-corrected chi connectivity index (χ4v) is 4.47. The molecule has 6 nitrogen and oxygen atoms in total. The van der Waals surface area contributed by atoms with E-state index in [0.29, 0.717) is 19.4 Å². The zero-order valence-electron chi connectivity index (χ0n) is 10.0. The Hall–Kier alpha value is -1.11. The summed E-state index contributed by atoms with van der Waals surface area (Å²) in [5.41, 5.74) is 0. The van der Waals surface area contributed by atoms with Crippen molar-refractivity contribution in [2.24, 2.45) is 11.8 Å². The van der Waals surface area contributed by atoms with Crippen molar-refractivity contribution >= 4 is 21.7 Å². The second kappa shape index (κ2) is 4.87. The van der Waals surface area contributed by atoms with Crippen LogP contribution < -0.4 is 0 Å². The first-order valence-corrected chi connectivity index (χ1v) is 7.90. The van der Waals surface area contributed by atoms with Crippen LogP contribution in [0, 0.1) is 11.8 Å². The summed E-state index contributed by atoms with van der Waals surface area (Å²) in [6.07, 6.45) is 1.20. The third-order valence-electron chi connectivity index (χ3n) is 3.65. The maximum Gasteiger partial charge on any atom is 0.308 e. The third-order valence-corrected chi connectivity index (χ3v) is 5.49. The molecule has 0 radical (unpaired) electrons. The van der Waals surface area contributed by atoms with Gasteiger partial charge in [0, 0.05) is 19.5 Å². The maximum absolute atomic E-state index is 11.7. The van der Waals surface area contributed by atoms with E-state index in [2.05, 4.69) is 0 Å². The molecule has 0 aromatic carbocycles. The molecule has 2 saturated heterocycles. The van der Waals surface area contributed by atoms with Gasteiger partial charge in [-0.1, -0.05) is 0 Å². The van der Waals surface area contributed by atoms with E-state index in [1.165, 1.54) is 4.90 Å². The predicted molar refractivity (Wildman–Crippen MR) is 63.7 cm³/mol. The second-order valence-electron chi connectivity index (χ2n) is 5.14. The van der Waals surface area contributed by atoms with E-state index >= 15 is 0 Å². The summed E-state index contributed by atoms with van der Waals surface area (Å²) in [7, 11) is -2.95. The normalized spacial score (nSPS) is 31.6. The first-order valence-electron chi connectivity index (χ1n) is 6.08. The van der Waals surface area contributed by atoms with E-state index < -0.39 is 21.7 Å². The number of nitrogens with zero attached hydrogens (tertiary/aromatic N) is 1. The van der Waals surface area contributed by atoms with Crippen molar-refractivity contribution in [1.29, 1.82) is 0 Å². The molecule has 0 aromatic heterocycles. The van der Waals surface area contributed by atoms with E-state index in [9.17, 15) is 18.0 Å². The lowest BCUT2D eigenvalue weighted by molar-refractivity contribution is -0.147. The highest BCUT2D eigenvalue weighted by molar-refractivity contribution is 7.91. The number of piperidine rings is 1. The minimum atomic E-state index is -2.95. The zero-order chi connectivity index (χ0) is 13.3. The molecule has 2 aliphatic heterocycles. The van der Waals surface area contributed by atoms with Crippen LogP contribution in [0.2, 0.25) is 0 Å². The highest BCUT2D eigenvalue weighted by atomic mass is 32.2. The van der Waals surface area contributed by atoms with Gasteiger partial charge in [-0.25, -0.2) is 8.42 Å². The van der Waals surface area contributed by atoms with Crippen LogP contribution in [0.4, 0.5) is 0 Å². The van der Waals surface area contributed by atoms with Gasteiger partial charge in [-0.05, 0) is 18.8 Å². The Labute approximate surface area is 106 Å². The van der Waals surface area contributed by atoms with E-state index in [4.69, 9.17) is 5.11 Å². The Morgan fingerprint density at radius 2 is 2.11 bits per heavy atom. The molecular weight excluding hydrogens is 258 g/mol. The van der Waals surface area contributed by atoms with Gasteiger partial charge in [0.25, 0.3) is 0 Å². The van der Waals surface area contributed by atoms with Crippen LogP contribution in [0.3, 0.4) is 0 Å². The molecule has 2 heterocycles. The van der Waals surface area contributed by atoms with Crippen molar-refractivity contribution in [3.05, 3.63) is 0 Å². The molecule has 2 unspecified atom stereocenters. The van der Waals surface area contributed by atoms with Crippen molar-refractivity contribution in [1.82, 2.24) is 4.90 Å². The molecule has 0 spiro atoms. The first-order chi connectivity index (χ1) is 8.37. The summed E-state index contributed by atoms with van der Waals surface area (Å²) < 4.78 is 22.7. The molecule has 0 bridgehead atoms. The van der Waals surface area contributed by atoms with Gasteiger partial charge >= 0.3 is 5.97 Å². The van der Waals surface area contributed by atoms with Gasteiger partial charge in [-0.15, -0.1) is 0 Å². The van der Waals surface area contributed by atoms with Gasteiger partial charge in [0.1, 0.15) is 0 Å². The standard InChI is InChI=1S/C11H17NO5S/c13-10-2-1-9(11(14)15)6-12(10)5-8-3-4-18(16,17)7-8/h8-9H,1-7H2,(H,14,15). The van der Waals surface area contributed by atoms with Gasteiger partial charge in [0.05, 0.1) is 17.4 Å². The number of carbonyl (C=O) groups is 2. The monoisotopic (exact) mass is 275 g/mol. The lowest BCUT2D eigenvalue weighted by atomic mass is 9.96. The molecule has 2 atom stereocenters. The zero-order valence-corrected chi connectivity index (χ0v) is 10.9. The molecule has 2 aliphatic rings. The topological polar surface area (TPSA) is 91.8 Å². The lowest BCUT2D eigenvalue weighted by Crippen LogP contribution is -2.44. The molecule has 1 N–H and O–H groups in total. The smallest absolute Gasteiger partial charge is 0.308 e. The van der Waals surface area contributed by atoms with Crippen LogP contribution in [0.25, 0.3) is 0 Å². The van der Waals surface area contributed by atoms with Gasteiger partial charge in [-0.3, -0.25) is 9.59 Å². The summed E-state index contributed by atoms with van der Waals surface area (Å²) in [5, 5.41) is 8.95. The molecule has 1 amide bonds. The Balaban J connectivity index is 1.95. The van der Waals surface area contributed by atoms with Crippen LogP contribution in [0.1, 0.15) is 19.3 Å². The van der Waals surface area contributed by atoms with Gasteiger partial charge in [-0.2, -0.15) is 0 Å². The molecule has 0 aromatic rings. The van der Waals surface area contributed by atoms with Gasteiger partial charge < -0.3 is 10.0 Å². The molecular formula is C11H17NO5S. The van der Waals surface area contributed by atoms with E-state index in [0.717, 1.165) is 0 Å². The number of amides is 1. The Kier molecular flexibility index (Phi) is 3.61. The van der Waals surface area contributed by atoms with Crippen LogP contribution in [0.5, 0.6) is 0 Å². The van der Waals surface area contributed by atoms with Crippen molar-refractivity contribution < 1.29 is 23.1 Å². The van der Waals surface area contributed by atoms with Gasteiger partial charge in [0.2, 0.25) is 5.91 Å². The summed E-state index contributed by atoms with van der Waals surface area (Å²) in [5.74, 6) is -1.19. The average Bonchev–Trinajstić information content (AvgIpc) is 2.61. The molecule has 2 fully saturated rings. The molecule has 102 valence electrons. The minimum Gasteiger partial charge on any atom is -0.481 e. The number of rotatable bonds is 3. The minimum absolute atomic E-state index is 0.0357.